The molecule has 1 amide bonds. The fourth-order valence-electron chi connectivity index (χ4n) is 1.89. The number of rotatable bonds is 3. The lowest BCUT2D eigenvalue weighted by Gasteiger charge is -2.09. The lowest BCUT2D eigenvalue weighted by atomic mass is 10.1. The van der Waals surface area contributed by atoms with Crippen LogP contribution in [0, 0.1) is 6.92 Å². The van der Waals surface area contributed by atoms with Gasteiger partial charge in [0.15, 0.2) is 0 Å². The van der Waals surface area contributed by atoms with Gasteiger partial charge in [0, 0.05) is 16.9 Å². The lowest BCUT2D eigenvalue weighted by Crippen LogP contribution is -2.15. The molecule has 2 aromatic carbocycles. The molecule has 0 bridgehead atoms. The Morgan fingerprint density at radius 1 is 1.14 bits per heavy atom. The summed E-state index contributed by atoms with van der Waals surface area (Å²) in [4.78, 5) is 12.1. The third-order valence-electron chi connectivity index (χ3n) is 2.92. The fourth-order valence-corrected chi connectivity index (χ4v) is 2.45. The molecule has 7 heteroatoms. The van der Waals surface area contributed by atoms with Gasteiger partial charge in [-0.15, -0.1) is 0 Å². The molecule has 2 rings (SSSR count). The maximum Gasteiger partial charge on any atom is 0.255 e. The van der Waals surface area contributed by atoms with Crippen LogP contribution in [0.15, 0.2) is 47.4 Å². The Morgan fingerprint density at radius 3 is 2.48 bits per heavy atom. The van der Waals surface area contributed by atoms with Gasteiger partial charge in [-0.3, -0.25) is 4.79 Å². The number of sulfonamides is 1. The second kappa shape index (κ2) is 5.55. The van der Waals surface area contributed by atoms with Gasteiger partial charge in [0.05, 0.1) is 4.90 Å². The predicted molar refractivity (Wildman–Crippen MR) is 81.4 cm³/mol. The SMILES string of the molecule is Cc1cc(N)ccc1C(=O)Nc1cccc(S(N)(=O)=O)c1. The number of aryl methyl sites for hydroxylation is 1. The molecule has 0 aliphatic carbocycles. The zero-order valence-electron chi connectivity index (χ0n) is 11.3. The standard InChI is InChI=1S/C14H15N3O3S/c1-9-7-10(15)5-6-13(9)14(18)17-11-3-2-4-12(8-11)21(16,19)20/h2-8H,15H2,1H3,(H,17,18)(H2,16,19,20). The lowest BCUT2D eigenvalue weighted by molar-refractivity contribution is 0.102. The van der Waals surface area contributed by atoms with Crippen molar-refractivity contribution in [3.63, 3.8) is 0 Å². The molecule has 0 radical (unpaired) electrons. The summed E-state index contributed by atoms with van der Waals surface area (Å²) in [5.74, 6) is -0.348. The van der Waals surface area contributed by atoms with Gasteiger partial charge in [-0.2, -0.15) is 0 Å². The van der Waals surface area contributed by atoms with E-state index >= 15 is 0 Å². The predicted octanol–water partition coefficient (Wildman–Crippen LogP) is 1.48. The number of carbonyl (C=O) groups is 1. The van der Waals surface area contributed by atoms with Gasteiger partial charge in [0.2, 0.25) is 10.0 Å². The summed E-state index contributed by atoms with van der Waals surface area (Å²) in [5, 5.41) is 7.69. The van der Waals surface area contributed by atoms with Crippen LogP contribution in [0.4, 0.5) is 11.4 Å². The molecule has 0 aliphatic heterocycles. The Hall–Kier alpha value is -2.38. The average Bonchev–Trinajstić information content (AvgIpc) is 2.37. The van der Waals surface area contributed by atoms with Crippen molar-refractivity contribution in [1.82, 2.24) is 0 Å². The molecule has 2 aromatic rings. The normalized spacial score (nSPS) is 11.1. The largest absolute Gasteiger partial charge is 0.399 e. The minimum atomic E-state index is -3.81. The first-order chi connectivity index (χ1) is 9.77. The summed E-state index contributed by atoms with van der Waals surface area (Å²) < 4.78 is 22.6. The van der Waals surface area contributed by atoms with Crippen LogP contribution in [-0.2, 0) is 10.0 Å². The van der Waals surface area contributed by atoms with Gasteiger partial charge in [0.25, 0.3) is 5.91 Å². The molecule has 0 aliphatic rings. The van der Waals surface area contributed by atoms with Crippen molar-refractivity contribution >= 4 is 27.3 Å². The number of anilines is 2. The van der Waals surface area contributed by atoms with E-state index in [9.17, 15) is 13.2 Å². The van der Waals surface area contributed by atoms with Crippen LogP contribution < -0.4 is 16.2 Å². The summed E-state index contributed by atoms with van der Waals surface area (Å²) in [6, 6.07) is 10.7. The van der Waals surface area contributed by atoms with Crippen molar-refractivity contribution in [1.29, 1.82) is 0 Å². The highest BCUT2D eigenvalue weighted by Gasteiger charge is 2.12. The Kier molecular flexibility index (Phi) is 3.97. The molecular formula is C14H15N3O3S. The number of hydrogen-bond acceptors (Lipinski definition) is 4. The van der Waals surface area contributed by atoms with Gasteiger partial charge in [0.1, 0.15) is 0 Å². The number of nitrogens with two attached hydrogens (primary N) is 2. The Balaban J connectivity index is 2.28. The first kappa shape index (κ1) is 15.0. The van der Waals surface area contributed by atoms with E-state index in [1.165, 1.54) is 18.2 Å². The van der Waals surface area contributed by atoms with E-state index in [4.69, 9.17) is 10.9 Å². The smallest absolute Gasteiger partial charge is 0.255 e. The molecule has 0 spiro atoms. The number of primary sulfonamides is 1. The second-order valence-electron chi connectivity index (χ2n) is 4.60. The average molecular weight is 305 g/mol. The Morgan fingerprint density at radius 2 is 1.86 bits per heavy atom. The van der Waals surface area contributed by atoms with Crippen LogP contribution in [0.2, 0.25) is 0 Å². The van der Waals surface area contributed by atoms with E-state index in [1.807, 2.05) is 0 Å². The maximum atomic E-state index is 12.2. The molecule has 0 aromatic heterocycles. The first-order valence-electron chi connectivity index (χ1n) is 6.08. The molecule has 6 nitrogen and oxygen atoms in total. The minimum Gasteiger partial charge on any atom is -0.399 e. The van der Waals surface area contributed by atoms with E-state index in [1.54, 1.807) is 31.2 Å². The van der Waals surface area contributed by atoms with E-state index in [-0.39, 0.29) is 10.8 Å². The molecule has 0 saturated carbocycles. The fraction of sp³-hybridized carbons (Fsp3) is 0.0714. The summed E-state index contributed by atoms with van der Waals surface area (Å²) >= 11 is 0. The van der Waals surface area contributed by atoms with Crippen molar-refractivity contribution in [3.8, 4) is 0 Å². The molecule has 5 N–H and O–H groups in total. The number of nitrogen functional groups attached to an aromatic ring is 1. The Labute approximate surface area is 122 Å². The summed E-state index contributed by atoms with van der Waals surface area (Å²) in [5.41, 5.74) is 7.75. The highest BCUT2D eigenvalue weighted by atomic mass is 32.2. The van der Waals surface area contributed by atoms with E-state index in [2.05, 4.69) is 5.32 Å². The van der Waals surface area contributed by atoms with Gasteiger partial charge in [-0.05, 0) is 48.9 Å². The van der Waals surface area contributed by atoms with Gasteiger partial charge in [-0.25, -0.2) is 13.6 Å². The van der Waals surface area contributed by atoms with Gasteiger partial charge >= 0.3 is 0 Å². The number of benzene rings is 2. The van der Waals surface area contributed by atoms with Crippen molar-refractivity contribution in [2.45, 2.75) is 11.8 Å². The summed E-state index contributed by atoms with van der Waals surface area (Å²) in [6.07, 6.45) is 0. The molecule has 0 unspecified atom stereocenters. The molecule has 21 heavy (non-hydrogen) atoms. The number of nitrogens with one attached hydrogen (secondary N) is 1. The zero-order chi connectivity index (χ0) is 15.6. The quantitative estimate of drug-likeness (QED) is 0.745. The Bertz CT molecular complexity index is 801. The van der Waals surface area contributed by atoms with Crippen LogP contribution in [0.25, 0.3) is 0 Å². The number of amides is 1. The van der Waals surface area contributed by atoms with E-state index < -0.39 is 10.0 Å². The van der Waals surface area contributed by atoms with Crippen molar-refractivity contribution in [2.75, 3.05) is 11.1 Å². The van der Waals surface area contributed by atoms with Crippen LogP contribution >= 0.6 is 0 Å². The molecule has 0 saturated heterocycles. The molecule has 0 fully saturated rings. The minimum absolute atomic E-state index is 0.0608. The van der Waals surface area contributed by atoms with Gasteiger partial charge < -0.3 is 11.1 Å². The van der Waals surface area contributed by atoms with E-state index in [0.29, 0.717) is 16.9 Å². The second-order valence-corrected chi connectivity index (χ2v) is 6.16. The van der Waals surface area contributed by atoms with Crippen LogP contribution in [0.5, 0.6) is 0 Å². The molecular weight excluding hydrogens is 290 g/mol. The maximum absolute atomic E-state index is 12.2. The summed E-state index contributed by atoms with van der Waals surface area (Å²) in [7, 11) is -3.81. The van der Waals surface area contributed by atoms with Crippen molar-refractivity contribution in [3.05, 3.63) is 53.6 Å². The monoisotopic (exact) mass is 305 g/mol. The van der Waals surface area contributed by atoms with Crippen molar-refractivity contribution < 1.29 is 13.2 Å². The van der Waals surface area contributed by atoms with E-state index in [0.717, 1.165) is 5.56 Å². The van der Waals surface area contributed by atoms with Crippen LogP contribution in [0.3, 0.4) is 0 Å². The highest BCUT2D eigenvalue weighted by Crippen LogP contribution is 2.17. The summed E-state index contributed by atoms with van der Waals surface area (Å²) in [6.45, 7) is 1.77. The van der Waals surface area contributed by atoms with Crippen LogP contribution in [-0.4, -0.2) is 14.3 Å². The first-order valence-corrected chi connectivity index (χ1v) is 7.62. The molecule has 110 valence electrons. The zero-order valence-corrected chi connectivity index (χ0v) is 12.1. The number of carbonyl (C=O) groups excluding carboxylic acids is 1. The third kappa shape index (κ3) is 3.59. The highest BCUT2D eigenvalue weighted by molar-refractivity contribution is 7.89. The van der Waals surface area contributed by atoms with Crippen LogP contribution in [0.1, 0.15) is 15.9 Å². The van der Waals surface area contributed by atoms with Crippen molar-refractivity contribution in [2.24, 2.45) is 5.14 Å². The number of hydrogen-bond donors (Lipinski definition) is 3. The molecule has 0 heterocycles. The third-order valence-corrected chi connectivity index (χ3v) is 3.83. The topological polar surface area (TPSA) is 115 Å². The molecule has 0 atom stereocenters. The van der Waals surface area contributed by atoms with Gasteiger partial charge in [-0.1, -0.05) is 6.07 Å².